The molecule has 164 valence electrons. The van der Waals surface area contributed by atoms with E-state index in [1.165, 1.54) is 23.5 Å². The molecule has 2 aromatic carbocycles. The van der Waals surface area contributed by atoms with Crippen LogP contribution in [0.15, 0.2) is 53.4 Å². The molecular weight excluding hydrogens is 449 g/mol. The highest BCUT2D eigenvalue weighted by molar-refractivity contribution is 7.92. The maximum Gasteiger partial charge on any atom is 0.261 e. The minimum Gasteiger partial charge on any atom is -0.312 e. The average Bonchev–Trinajstić information content (AvgIpc) is 2.92. The topological polar surface area (TPSA) is 99.1 Å². The van der Waals surface area contributed by atoms with E-state index in [4.69, 9.17) is 0 Å². The number of para-hydroxylation sites is 1. The van der Waals surface area contributed by atoms with E-state index in [2.05, 4.69) is 16.1 Å². The predicted octanol–water partition coefficient (Wildman–Crippen LogP) is 5.08. The monoisotopic (exact) mass is 469 g/mol. The molecular formula is C23H20FN3O3S2. The van der Waals surface area contributed by atoms with Crippen LogP contribution in [0.5, 0.6) is 0 Å². The Morgan fingerprint density at radius 3 is 2.50 bits per heavy atom. The van der Waals surface area contributed by atoms with Gasteiger partial charge in [0.05, 0.1) is 21.7 Å². The summed E-state index contributed by atoms with van der Waals surface area (Å²) in [7, 11) is -4.02. The quantitative estimate of drug-likeness (QED) is 0.509. The largest absolute Gasteiger partial charge is 0.312 e. The number of sulfonamides is 1. The van der Waals surface area contributed by atoms with Crippen molar-refractivity contribution in [1.82, 2.24) is 0 Å². The number of hydrogen-bond donors (Lipinski definition) is 2. The number of hydrogen-bond acceptors (Lipinski definition) is 5. The zero-order valence-electron chi connectivity index (χ0n) is 17.0. The second-order valence-electron chi connectivity index (χ2n) is 7.44. The summed E-state index contributed by atoms with van der Waals surface area (Å²) in [5.74, 6) is -1.07. The lowest BCUT2D eigenvalue weighted by molar-refractivity contribution is 0.102. The zero-order chi connectivity index (χ0) is 22.7. The van der Waals surface area contributed by atoms with E-state index in [1.807, 2.05) is 0 Å². The summed E-state index contributed by atoms with van der Waals surface area (Å²) in [6.07, 6.45) is 4.90. The molecule has 1 aromatic heterocycles. The molecule has 6 nitrogen and oxygen atoms in total. The van der Waals surface area contributed by atoms with E-state index in [-0.39, 0.29) is 16.1 Å². The van der Waals surface area contributed by atoms with Crippen molar-refractivity contribution in [3.05, 3.63) is 75.9 Å². The number of halogens is 1. The minimum atomic E-state index is -4.02. The Labute approximate surface area is 189 Å². The van der Waals surface area contributed by atoms with Gasteiger partial charge >= 0.3 is 0 Å². The highest BCUT2D eigenvalue weighted by Crippen LogP contribution is 2.37. The van der Waals surface area contributed by atoms with Crippen molar-refractivity contribution in [2.75, 3.05) is 10.0 Å². The Kier molecular flexibility index (Phi) is 6.26. The molecule has 0 spiro atoms. The third kappa shape index (κ3) is 4.52. The fourth-order valence-corrected chi connectivity index (χ4v) is 6.02. The molecule has 0 saturated carbocycles. The minimum absolute atomic E-state index is 0.0888. The number of benzene rings is 2. The fraction of sp³-hybridized carbons (Fsp3) is 0.217. The number of rotatable bonds is 5. The summed E-state index contributed by atoms with van der Waals surface area (Å²) in [6, 6.07) is 12.8. The Morgan fingerprint density at radius 1 is 1.03 bits per heavy atom. The maximum atomic E-state index is 13.2. The molecule has 2 N–H and O–H groups in total. The van der Waals surface area contributed by atoms with Crippen LogP contribution in [0.25, 0.3) is 0 Å². The zero-order valence-corrected chi connectivity index (χ0v) is 18.7. The number of carbonyl (C=O) groups excluding carboxylic acids is 1. The Hall–Kier alpha value is -3.22. The smallest absolute Gasteiger partial charge is 0.261 e. The molecule has 0 unspecified atom stereocenters. The Bertz CT molecular complexity index is 1310. The summed E-state index contributed by atoms with van der Waals surface area (Å²) in [5, 5.41) is 13.0. The molecule has 3 aromatic rings. The van der Waals surface area contributed by atoms with E-state index in [0.29, 0.717) is 10.6 Å². The van der Waals surface area contributed by atoms with Crippen molar-refractivity contribution in [2.24, 2.45) is 0 Å². The van der Waals surface area contributed by atoms with Crippen LogP contribution in [0.2, 0.25) is 0 Å². The summed E-state index contributed by atoms with van der Waals surface area (Å²) in [4.78, 5) is 14.1. The second kappa shape index (κ2) is 9.10. The van der Waals surface area contributed by atoms with E-state index < -0.39 is 21.7 Å². The van der Waals surface area contributed by atoms with Crippen molar-refractivity contribution in [3.63, 3.8) is 0 Å². The Morgan fingerprint density at radius 2 is 1.75 bits per heavy atom. The number of anilines is 2. The first-order valence-corrected chi connectivity index (χ1v) is 12.4. The van der Waals surface area contributed by atoms with Gasteiger partial charge in [0, 0.05) is 4.88 Å². The summed E-state index contributed by atoms with van der Waals surface area (Å²) < 4.78 is 41.0. The van der Waals surface area contributed by atoms with Gasteiger partial charge in [0.25, 0.3) is 15.9 Å². The molecule has 1 aliphatic carbocycles. The molecule has 4 rings (SSSR count). The van der Waals surface area contributed by atoms with Gasteiger partial charge in [-0.1, -0.05) is 18.6 Å². The first-order chi connectivity index (χ1) is 15.4. The van der Waals surface area contributed by atoms with Crippen molar-refractivity contribution < 1.29 is 17.6 Å². The van der Waals surface area contributed by atoms with Gasteiger partial charge in [0.2, 0.25) is 0 Å². The van der Waals surface area contributed by atoms with E-state index >= 15 is 0 Å². The number of carbonyl (C=O) groups is 1. The van der Waals surface area contributed by atoms with Crippen molar-refractivity contribution in [1.29, 1.82) is 5.26 Å². The lowest BCUT2D eigenvalue weighted by Crippen LogP contribution is -2.18. The Balaban J connectivity index is 1.61. The van der Waals surface area contributed by atoms with Crippen LogP contribution in [0.4, 0.5) is 15.1 Å². The molecule has 0 radical (unpaired) electrons. The molecule has 0 bridgehead atoms. The normalized spacial score (nSPS) is 13.5. The maximum absolute atomic E-state index is 13.2. The number of fused-ring (bicyclic) bond motifs is 1. The SMILES string of the molecule is N#Cc1c(NC(=O)c2ccccc2NS(=O)(=O)c2ccc(F)cc2)sc2c1CCCCC2. The van der Waals surface area contributed by atoms with Crippen LogP contribution >= 0.6 is 11.3 Å². The second-order valence-corrected chi connectivity index (χ2v) is 10.2. The van der Waals surface area contributed by atoms with Crippen LogP contribution in [0.3, 0.4) is 0 Å². The number of nitrogens with zero attached hydrogens (tertiary/aromatic N) is 1. The number of thiophene rings is 1. The van der Waals surface area contributed by atoms with Gasteiger partial charge in [0.15, 0.2) is 0 Å². The van der Waals surface area contributed by atoms with Crippen LogP contribution in [0.1, 0.15) is 45.6 Å². The highest BCUT2D eigenvalue weighted by Gasteiger charge is 2.23. The molecule has 1 amide bonds. The van der Waals surface area contributed by atoms with Gasteiger partial charge < -0.3 is 5.32 Å². The number of amides is 1. The summed E-state index contributed by atoms with van der Waals surface area (Å²) in [5.41, 5.74) is 1.71. The van der Waals surface area contributed by atoms with Crippen LogP contribution < -0.4 is 10.0 Å². The number of nitrogens with one attached hydrogen (secondary N) is 2. The summed E-state index contributed by atoms with van der Waals surface area (Å²) >= 11 is 1.41. The highest BCUT2D eigenvalue weighted by atomic mass is 32.2. The standard InChI is InChI=1S/C23H20FN3O3S2/c24-15-10-12-16(13-11-15)32(29,30)27-20-8-5-4-7-18(20)22(28)26-23-19(14-25)17-6-2-1-3-9-21(17)31-23/h4-5,7-8,10-13,27H,1-3,6,9H2,(H,26,28). The van der Waals surface area contributed by atoms with Crippen molar-refractivity contribution in [2.45, 2.75) is 37.0 Å². The fourth-order valence-electron chi connectivity index (χ4n) is 3.71. The van der Waals surface area contributed by atoms with Crippen LogP contribution in [0, 0.1) is 17.1 Å². The number of nitriles is 1. The molecule has 0 atom stereocenters. The predicted molar refractivity (Wildman–Crippen MR) is 122 cm³/mol. The molecule has 0 saturated heterocycles. The summed E-state index contributed by atoms with van der Waals surface area (Å²) in [6.45, 7) is 0. The van der Waals surface area contributed by atoms with Gasteiger partial charge in [-0.05, 0) is 67.6 Å². The molecule has 0 aliphatic heterocycles. The third-order valence-corrected chi connectivity index (χ3v) is 7.89. The average molecular weight is 470 g/mol. The van der Waals surface area contributed by atoms with Gasteiger partial charge in [-0.2, -0.15) is 5.26 Å². The third-order valence-electron chi connectivity index (χ3n) is 5.30. The van der Waals surface area contributed by atoms with Crippen molar-refractivity contribution >= 4 is 38.0 Å². The lowest BCUT2D eigenvalue weighted by atomic mass is 10.1. The molecule has 0 fully saturated rings. The van der Waals surface area contributed by atoms with Gasteiger partial charge in [-0.25, -0.2) is 12.8 Å². The van der Waals surface area contributed by atoms with Crippen molar-refractivity contribution in [3.8, 4) is 6.07 Å². The van der Waals surface area contributed by atoms with Gasteiger partial charge in [0.1, 0.15) is 16.9 Å². The van der Waals surface area contributed by atoms with Gasteiger partial charge in [-0.3, -0.25) is 9.52 Å². The first kappa shape index (κ1) is 22.0. The molecule has 32 heavy (non-hydrogen) atoms. The van der Waals surface area contributed by atoms with E-state index in [9.17, 15) is 22.9 Å². The van der Waals surface area contributed by atoms with Crippen LogP contribution in [-0.4, -0.2) is 14.3 Å². The van der Waals surface area contributed by atoms with E-state index in [1.54, 1.807) is 12.1 Å². The van der Waals surface area contributed by atoms with E-state index in [0.717, 1.165) is 66.8 Å². The lowest BCUT2D eigenvalue weighted by Gasteiger charge is -2.12. The first-order valence-electron chi connectivity index (χ1n) is 10.1. The molecule has 9 heteroatoms. The molecule has 1 heterocycles. The van der Waals surface area contributed by atoms with Crippen LogP contribution in [-0.2, 0) is 22.9 Å². The van der Waals surface area contributed by atoms with Gasteiger partial charge in [-0.15, -0.1) is 11.3 Å². The number of aryl methyl sites for hydroxylation is 1. The molecule has 1 aliphatic rings.